The van der Waals surface area contributed by atoms with Gasteiger partial charge in [-0.1, -0.05) is 6.07 Å². The number of carbonyl (C=O) groups is 1. The highest BCUT2D eigenvalue weighted by Crippen LogP contribution is 2.37. The summed E-state index contributed by atoms with van der Waals surface area (Å²) in [7, 11) is -4.04. The first kappa shape index (κ1) is 27.6. The van der Waals surface area contributed by atoms with Crippen molar-refractivity contribution in [3.8, 4) is 20.9 Å². The van der Waals surface area contributed by atoms with E-state index in [0.29, 0.717) is 24.7 Å². The Hall–Kier alpha value is -3.51. The Morgan fingerprint density at radius 2 is 1.68 bits per heavy atom. The molecule has 7 nitrogen and oxygen atoms in total. The highest BCUT2D eigenvalue weighted by molar-refractivity contribution is 7.90. The molecular formula is C30H27F2N3O4S2. The lowest BCUT2D eigenvalue weighted by Crippen LogP contribution is -2.41. The molecule has 4 heterocycles. The number of sulfone groups is 1. The van der Waals surface area contributed by atoms with Crippen molar-refractivity contribution in [2.45, 2.75) is 17.2 Å². The molecule has 1 saturated heterocycles. The summed E-state index contributed by atoms with van der Waals surface area (Å²) in [6.07, 6.45) is 3.08. The van der Waals surface area contributed by atoms with Gasteiger partial charge in [0.1, 0.15) is 16.5 Å². The number of carbonyl (C=O) groups excluding carboxylic acids is 1. The number of amides is 1. The molecule has 2 aromatic heterocycles. The molecule has 212 valence electrons. The molecule has 0 radical (unpaired) electrons. The molecule has 1 amide bonds. The Kier molecular flexibility index (Phi) is 7.69. The lowest BCUT2D eigenvalue weighted by atomic mass is 10.1. The van der Waals surface area contributed by atoms with Gasteiger partial charge < -0.3 is 9.64 Å². The van der Waals surface area contributed by atoms with Crippen LogP contribution in [0.15, 0.2) is 71.9 Å². The monoisotopic (exact) mass is 595 g/mol. The van der Waals surface area contributed by atoms with Crippen LogP contribution in [-0.4, -0.2) is 68.5 Å². The van der Waals surface area contributed by atoms with Gasteiger partial charge in [0, 0.05) is 72.1 Å². The van der Waals surface area contributed by atoms with E-state index < -0.39 is 32.1 Å². The van der Waals surface area contributed by atoms with Crippen molar-refractivity contribution in [2.75, 3.05) is 39.4 Å². The van der Waals surface area contributed by atoms with Crippen LogP contribution in [0.3, 0.4) is 0 Å². The number of halogens is 2. The molecule has 0 unspecified atom stereocenters. The first-order valence-electron chi connectivity index (χ1n) is 13.2. The van der Waals surface area contributed by atoms with E-state index in [1.807, 2.05) is 29.2 Å². The number of nitrogens with zero attached hydrogens (tertiary/aromatic N) is 3. The van der Waals surface area contributed by atoms with Crippen LogP contribution >= 0.6 is 11.3 Å². The number of aromatic nitrogens is 1. The Bertz CT molecular complexity index is 1720. The van der Waals surface area contributed by atoms with E-state index in [1.54, 1.807) is 12.3 Å². The predicted octanol–water partition coefficient (Wildman–Crippen LogP) is 5.02. The summed E-state index contributed by atoms with van der Waals surface area (Å²) in [6, 6.07) is 14.0. The van der Waals surface area contributed by atoms with Crippen LogP contribution in [0, 0.1) is 11.6 Å². The second-order valence-corrected chi connectivity index (χ2v) is 13.2. The first-order chi connectivity index (χ1) is 19.8. The maximum Gasteiger partial charge on any atom is 0.254 e. The molecule has 2 aliphatic rings. The van der Waals surface area contributed by atoms with Crippen molar-refractivity contribution in [3.63, 3.8) is 0 Å². The molecule has 2 aliphatic heterocycles. The van der Waals surface area contributed by atoms with Crippen LogP contribution in [0.2, 0.25) is 0 Å². The number of rotatable bonds is 8. The van der Waals surface area contributed by atoms with Gasteiger partial charge in [-0.2, -0.15) is 0 Å². The fourth-order valence-electron chi connectivity index (χ4n) is 5.18. The molecular weight excluding hydrogens is 568 g/mol. The molecule has 0 bridgehead atoms. The number of pyridine rings is 1. The van der Waals surface area contributed by atoms with E-state index in [9.17, 15) is 22.0 Å². The lowest BCUT2D eigenvalue weighted by Gasteiger charge is -2.28. The van der Waals surface area contributed by atoms with Gasteiger partial charge in [0.25, 0.3) is 5.91 Å². The Morgan fingerprint density at radius 1 is 0.902 bits per heavy atom. The third-order valence-corrected chi connectivity index (χ3v) is 10.2. The van der Waals surface area contributed by atoms with Gasteiger partial charge in [0.15, 0.2) is 9.84 Å². The van der Waals surface area contributed by atoms with Crippen molar-refractivity contribution < 1.29 is 26.7 Å². The van der Waals surface area contributed by atoms with Crippen LogP contribution in [-0.2, 0) is 26.9 Å². The third kappa shape index (κ3) is 5.94. The largest absolute Gasteiger partial charge is 0.379 e. The van der Waals surface area contributed by atoms with Crippen molar-refractivity contribution in [2.24, 2.45) is 0 Å². The molecule has 2 aromatic carbocycles. The summed E-state index contributed by atoms with van der Waals surface area (Å²) in [4.78, 5) is 22.7. The summed E-state index contributed by atoms with van der Waals surface area (Å²) in [5.41, 5.74) is 3.88. The minimum absolute atomic E-state index is 0.0602. The maximum atomic E-state index is 14.1. The molecule has 6 rings (SSSR count). The first-order valence-corrected chi connectivity index (χ1v) is 15.7. The summed E-state index contributed by atoms with van der Waals surface area (Å²) in [5, 5.41) is 0. The minimum atomic E-state index is -4.04. The summed E-state index contributed by atoms with van der Waals surface area (Å²) < 4.78 is 58.4. The molecule has 41 heavy (non-hydrogen) atoms. The number of thiophene rings is 1. The van der Waals surface area contributed by atoms with E-state index in [-0.39, 0.29) is 5.91 Å². The fourth-order valence-corrected chi connectivity index (χ4v) is 7.54. The molecule has 0 N–H and O–H groups in total. The van der Waals surface area contributed by atoms with Crippen LogP contribution in [0.4, 0.5) is 8.78 Å². The van der Waals surface area contributed by atoms with E-state index in [0.717, 1.165) is 77.0 Å². The van der Waals surface area contributed by atoms with E-state index in [1.165, 1.54) is 17.5 Å². The number of hydrogen-bond donors (Lipinski definition) is 0. The number of fused-ring (bicyclic) bond motifs is 1. The molecule has 0 saturated carbocycles. The summed E-state index contributed by atoms with van der Waals surface area (Å²) >= 11 is 1.53. The van der Waals surface area contributed by atoms with Gasteiger partial charge in [-0.05, 0) is 59.2 Å². The zero-order valence-corrected chi connectivity index (χ0v) is 23.7. The quantitative estimate of drug-likeness (QED) is 0.266. The van der Waals surface area contributed by atoms with Crippen LogP contribution in [0.25, 0.3) is 20.9 Å². The average molecular weight is 596 g/mol. The van der Waals surface area contributed by atoms with E-state index >= 15 is 0 Å². The van der Waals surface area contributed by atoms with Gasteiger partial charge in [-0.3, -0.25) is 14.7 Å². The van der Waals surface area contributed by atoms with Gasteiger partial charge in [0.2, 0.25) is 0 Å². The smallest absolute Gasteiger partial charge is 0.254 e. The summed E-state index contributed by atoms with van der Waals surface area (Å²) in [5.74, 6) is -2.36. The Morgan fingerprint density at radius 3 is 2.46 bits per heavy atom. The van der Waals surface area contributed by atoms with E-state index in [4.69, 9.17) is 4.74 Å². The normalized spacial score (nSPS) is 15.9. The maximum absolute atomic E-state index is 14.1. The standard InChI is InChI=1S/C30H27F2N3O4S2/c31-24-2-6-29(26(32)15-24)41(37,38)19-20-13-22(17-33-16-20)28-5-4-27(40-28)21-1-3-25-23(14-21)18-35(30(25)36)8-7-34-9-11-39-12-10-34/h1-6,13-17H,7-12,18-19H2. The zero-order valence-electron chi connectivity index (χ0n) is 22.1. The third-order valence-electron chi connectivity index (χ3n) is 7.33. The minimum Gasteiger partial charge on any atom is -0.379 e. The van der Waals surface area contributed by atoms with Crippen molar-refractivity contribution in [3.05, 3.63) is 95.3 Å². The molecule has 0 aliphatic carbocycles. The predicted molar refractivity (Wildman–Crippen MR) is 152 cm³/mol. The topological polar surface area (TPSA) is 79.8 Å². The van der Waals surface area contributed by atoms with Gasteiger partial charge in [-0.15, -0.1) is 11.3 Å². The van der Waals surface area contributed by atoms with Gasteiger partial charge >= 0.3 is 0 Å². The highest BCUT2D eigenvalue weighted by Gasteiger charge is 2.28. The molecule has 11 heteroatoms. The highest BCUT2D eigenvalue weighted by atomic mass is 32.2. The summed E-state index contributed by atoms with van der Waals surface area (Å²) in [6.45, 7) is 5.34. The average Bonchev–Trinajstić information content (AvgIpc) is 3.57. The van der Waals surface area contributed by atoms with Gasteiger partial charge in [-0.25, -0.2) is 17.2 Å². The molecule has 1 fully saturated rings. The van der Waals surface area contributed by atoms with Crippen LogP contribution < -0.4 is 0 Å². The van der Waals surface area contributed by atoms with Crippen molar-refractivity contribution >= 4 is 27.1 Å². The van der Waals surface area contributed by atoms with Crippen LogP contribution in [0.5, 0.6) is 0 Å². The Labute approximate surface area is 240 Å². The second kappa shape index (κ2) is 11.4. The van der Waals surface area contributed by atoms with E-state index in [2.05, 4.69) is 16.0 Å². The second-order valence-electron chi connectivity index (χ2n) is 10.1. The Balaban J connectivity index is 1.16. The van der Waals surface area contributed by atoms with Gasteiger partial charge in [0.05, 0.1) is 19.0 Å². The van der Waals surface area contributed by atoms with Crippen molar-refractivity contribution in [1.29, 1.82) is 0 Å². The van der Waals surface area contributed by atoms with Crippen molar-refractivity contribution in [1.82, 2.24) is 14.8 Å². The SMILES string of the molecule is O=C1c2ccc(-c3ccc(-c4cncc(CS(=O)(=O)c5ccc(F)cc5F)c4)s3)cc2CN1CCN1CCOCC1. The number of hydrogen-bond acceptors (Lipinski definition) is 7. The molecule has 4 aromatic rings. The molecule has 0 atom stereocenters. The fraction of sp³-hybridized carbons (Fsp3) is 0.267. The lowest BCUT2D eigenvalue weighted by molar-refractivity contribution is 0.0327. The van der Waals surface area contributed by atoms with Crippen LogP contribution in [0.1, 0.15) is 21.5 Å². The number of benzene rings is 2. The molecule has 0 spiro atoms. The number of morpholine rings is 1. The zero-order chi connectivity index (χ0) is 28.6. The number of ether oxygens (including phenoxy) is 1.